The van der Waals surface area contributed by atoms with Crippen molar-refractivity contribution < 1.29 is 0 Å². The number of unbranched alkanes of at least 4 members (excludes halogenated alkanes) is 6. The Labute approximate surface area is 345 Å². The van der Waals surface area contributed by atoms with E-state index in [2.05, 4.69) is 119 Å². The molecule has 0 saturated heterocycles. The van der Waals surface area contributed by atoms with Gasteiger partial charge in [0.05, 0.1) is 0 Å². The van der Waals surface area contributed by atoms with Gasteiger partial charge in [0.25, 0.3) is 0 Å². The van der Waals surface area contributed by atoms with Crippen molar-refractivity contribution in [2.75, 3.05) is 0 Å². The number of nitrogens with zero attached hydrogens (tertiary/aromatic N) is 3. The van der Waals surface area contributed by atoms with Gasteiger partial charge in [-0.25, -0.2) is 0 Å². The van der Waals surface area contributed by atoms with Crippen LogP contribution in [0.1, 0.15) is 119 Å². The summed E-state index contributed by atoms with van der Waals surface area (Å²) in [6, 6.07) is 25.6. The molecule has 3 nitrogen and oxygen atoms in total. The summed E-state index contributed by atoms with van der Waals surface area (Å²) < 4.78 is 12.0. The molecule has 0 aliphatic rings. The molecule has 0 N–H and O–H groups in total. The molecule has 5 aromatic rings. The van der Waals surface area contributed by atoms with Gasteiger partial charge in [-0.15, -0.1) is 0 Å². The molecule has 0 spiro atoms. The molecule has 0 bridgehead atoms. The van der Waals surface area contributed by atoms with Gasteiger partial charge in [-0.3, -0.25) is 0 Å². The topological polar surface area (TPSA) is 38.7 Å². The summed E-state index contributed by atoms with van der Waals surface area (Å²) >= 11 is -1.94. The van der Waals surface area contributed by atoms with Crippen molar-refractivity contribution in [3.05, 3.63) is 77.5 Å². The average molecular weight is 976 g/mol. The van der Waals surface area contributed by atoms with E-state index in [-0.39, 0.29) is 0 Å². The number of rotatable bonds is 24. The fraction of sp³-hybridized carbons (Fsp3) is 0.511. The second-order valence-corrected chi connectivity index (χ2v) is 44.2. The first-order valence-corrected chi connectivity index (χ1v) is 38.3. The van der Waals surface area contributed by atoms with Gasteiger partial charge in [-0.2, -0.15) is 0 Å². The van der Waals surface area contributed by atoms with Crippen molar-refractivity contribution in [2.45, 2.75) is 145 Å². The molecule has 54 heavy (non-hydrogen) atoms. The first-order valence-electron chi connectivity index (χ1n) is 21.5. The summed E-state index contributed by atoms with van der Waals surface area (Å²) in [5.74, 6) is 0. The third-order valence-corrected chi connectivity index (χ3v) is 44.6. The van der Waals surface area contributed by atoms with E-state index < -0.39 is 36.8 Å². The molecule has 0 radical (unpaired) electrons. The van der Waals surface area contributed by atoms with Gasteiger partial charge in [0.2, 0.25) is 0 Å². The fourth-order valence-corrected chi connectivity index (χ4v) is 41.8. The van der Waals surface area contributed by atoms with Crippen LogP contribution in [-0.4, -0.2) is 51.7 Å². The van der Waals surface area contributed by atoms with Gasteiger partial charge < -0.3 is 0 Å². The number of aromatic nitrogens is 3. The van der Waals surface area contributed by atoms with Crippen LogP contribution < -0.4 is 7.16 Å². The van der Waals surface area contributed by atoms with Crippen LogP contribution >= 0.6 is 22.7 Å². The maximum absolute atomic E-state index is 5.51. The zero-order valence-corrected chi connectivity index (χ0v) is 41.7. The Kier molecular flexibility index (Phi) is 18.1. The van der Waals surface area contributed by atoms with Crippen molar-refractivity contribution in [1.82, 2.24) is 15.0 Å². The van der Waals surface area contributed by atoms with Crippen LogP contribution in [0.3, 0.4) is 0 Å². The van der Waals surface area contributed by atoms with Crippen LogP contribution in [0, 0.1) is 0 Å². The Morgan fingerprint density at radius 1 is 0.389 bits per heavy atom. The van der Waals surface area contributed by atoms with E-state index in [1.807, 2.05) is 22.7 Å². The summed E-state index contributed by atoms with van der Waals surface area (Å²) in [5, 5.41) is 4.39. The van der Waals surface area contributed by atoms with Gasteiger partial charge in [0, 0.05) is 0 Å². The molecule has 5 aromatic heterocycles. The predicted molar refractivity (Wildman–Crippen MR) is 246 cm³/mol. The zero-order valence-electron chi connectivity index (χ0n) is 34.4. The van der Waals surface area contributed by atoms with E-state index in [4.69, 9.17) is 15.0 Å². The molecule has 0 aromatic carbocycles. The normalized spacial score (nSPS) is 12.1. The van der Waals surface area contributed by atoms with Crippen molar-refractivity contribution >= 4 is 66.6 Å². The SMILES string of the molecule is CCC[CH2][Sn]([CH2]CCC)([CH2]CCC)[c]1cc(-c2cccc(-c3c[c]([Sn]([CH2]CCC)([CH2]CCC)[CH2]CCC)cc(-c4cccs4)n3)n2)nc(-c2cccs2)c1. The quantitative estimate of drug-likeness (QED) is 0.0578. The van der Waals surface area contributed by atoms with Crippen molar-refractivity contribution in [2.24, 2.45) is 0 Å². The van der Waals surface area contributed by atoms with Crippen molar-refractivity contribution in [3.8, 4) is 43.9 Å². The predicted octanol–water partition coefficient (Wildman–Crippen LogP) is 14.8. The number of thiophene rings is 2. The second kappa shape index (κ2) is 22.4. The summed E-state index contributed by atoms with van der Waals surface area (Å²) in [6.45, 7) is 14.2. The van der Waals surface area contributed by atoms with Gasteiger partial charge in [0.15, 0.2) is 0 Å². The minimum atomic E-state index is -2.78. The maximum atomic E-state index is 5.51. The molecular formula is C47H67N3S2Sn2. The van der Waals surface area contributed by atoms with E-state index in [1.165, 1.54) is 113 Å². The number of pyridine rings is 3. The molecule has 0 aliphatic heterocycles. The summed E-state index contributed by atoms with van der Waals surface area (Å²) in [6.07, 6.45) is 15.7. The van der Waals surface area contributed by atoms with Crippen molar-refractivity contribution in [1.29, 1.82) is 0 Å². The first kappa shape index (κ1) is 43.6. The zero-order chi connectivity index (χ0) is 38.2. The van der Waals surface area contributed by atoms with Crippen LogP contribution in [0.2, 0.25) is 26.6 Å². The Bertz CT molecular complexity index is 1650. The van der Waals surface area contributed by atoms with E-state index >= 15 is 0 Å². The molecule has 0 unspecified atom stereocenters. The van der Waals surface area contributed by atoms with Gasteiger partial charge in [-0.1, -0.05) is 0 Å². The van der Waals surface area contributed by atoms with Crippen LogP contribution in [0.25, 0.3) is 43.9 Å². The Morgan fingerprint density at radius 2 is 0.704 bits per heavy atom. The average Bonchev–Trinajstić information content (AvgIpc) is 3.97. The van der Waals surface area contributed by atoms with E-state index in [9.17, 15) is 0 Å². The van der Waals surface area contributed by atoms with E-state index in [1.54, 1.807) is 7.16 Å². The van der Waals surface area contributed by atoms with Gasteiger partial charge >= 0.3 is 348 Å². The van der Waals surface area contributed by atoms with Crippen molar-refractivity contribution in [3.63, 3.8) is 0 Å². The summed E-state index contributed by atoms with van der Waals surface area (Å²) in [5.41, 5.74) is 6.32. The molecule has 0 fully saturated rings. The Morgan fingerprint density at radius 3 is 1.00 bits per heavy atom. The number of hydrogen-bond acceptors (Lipinski definition) is 5. The van der Waals surface area contributed by atoms with E-state index in [0.29, 0.717) is 0 Å². The van der Waals surface area contributed by atoms with Crippen LogP contribution in [0.4, 0.5) is 0 Å². The molecule has 5 rings (SSSR count). The summed E-state index contributed by atoms with van der Waals surface area (Å²) in [7, 11) is 0. The molecule has 0 amide bonds. The van der Waals surface area contributed by atoms with Crippen LogP contribution in [0.15, 0.2) is 77.5 Å². The molecule has 0 atom stereocenters. The standard InChI is InChI=1S/C23H13N3S2.6C4H9.2Sn/c1-6-16(18-8-2-10-20(25-18)22-12-4-14-27-22)24-17(7-1)19-9-3-11-21(26-19)23-13-5-15-28-23;6*1-3-4-2;;/h1,4-15H;6*1,3-4H2,2H3;;. The monoisotopic (exact) mass is 977 g/mol. The molecule has 0 aliphatic carbocycles. The Balaban J connectivity index is 1.69. The molecule has 5 heterocycles. The van der Waals surface area contributed by atoms with E-state index in [0.717, 1.165) is 34.2 Å². The second-order valence-electron chi connectivity index (χ2n) is 15.8. The molecule has 7 heteroatoms. The molecule has 290 valence electrons. The van der Waals surface area contributed by atoms with Crippen LogP contribution in [0.5, 0.6) is 0 Å². The minimum absolute atomic E-state index is 0.983. The first-order chi connectivity index (χ1) is 26.4. The fourth-order valence-electron chi connectivity index (χ4n) is 8.46. The third-order valence-electron chi connectivity index (χ3n) is 11.7. The van der Waals surface area contributed by atoms with Gasteiger partial charge in [-0.05, 0) is 0 Å². The summed E-state index contributed by atoms with van der Waals surface area (Å²) in [4.78, 5) is 18.9. The third kappa shape index (κ3) is 11.3. The van der Waals surface area contributed by atoms with Crippen LogP contribution in [-0.2, 0) is 0 Å². The van der Waals surface area contributed by atoms with Gasteiger partial charge in [0.1, 0.15) is 0 Å². The molecular weight excluding hydrogens is 908 g/mol. The number of hydrogen-bond donors (Lipinski definition) is 0. The Hall–Kier alpha value is -1.55. The molecule has 0 saturated carbocycles.